The first-order chi connectivity index (χ1) is 10.8. The minimum atomic E-state index is -0.389. The highest BCUT2D eigenvalue weighted by Crippen LogP contribution is 2.28. The highest BCUT2D eigenvalue weighted by molar-refractivity contribution is 5.88. The second-order valence-electron chi connectivity index (χ2n) is 4.62. The van der Waals surface area contributed by atoms with Gasteiger partial charge in [-0.05, 0) is 28.3 Å². The van der Waals surface area contributed by atoms with E-state index in [-0.39, 0.29) is 5.97 Å². The summed E-state index contributed by atoms with van der Waals surface area (Å²) in [5.41, 5.74) is 4.02. The number of ether oxygens (including phenoxy) is 1. The lowest BCUT2D eigenvalue weighted by Gasteiger charge is -2.11. The Bertz CT molecular complexity index is 654. The Labute approximate surface area is 131 Å². The van der Waals surface area contributed by atoms with E-state index < -0.39 is 0 Å². The van der Waals surface area contributed by atoms with Crippen LogP contribution in [0.15, 0.2) is 91.0 Å². The second kappa shape index (κ2) is 7.79. The standard InChI is InChI=1S/C20H18O2/c1-3-16(14-15-19(21)22-2)20(17-10-6-4-7-11-17)18-12-8-5-9-13-18/h3-15H,1H2,2H3/b15-14+. The Hall–Kier alpha value is -2.87. The molecule has 0 amide bonds. The van der Waals surface area contributed by atoms with Crippen LogP contribution in [0.5, 0.6) is 0 Å². The average Bonchev–Trinajstić information content (AvgIpc) is 2.59. The van der Waals surface area contributed by atoms with Crippen LogP contribution in [0.1, 0.15) is 11.1 Å². The molecule has 0 bridgehead atoms. The topological polar surface area (TPSA) is 26.3 Å². The zero-order valence-electron chi connectivity index (χ0n) is 12.5. The van der Waals surface area contributed by atoms with Crippen molar-refractivity contribution in [3.8, 4) is 0 Å². The summed E-state index contributed by atoms with van der Waals surface area (Å²) in [6.45, 7) is 3.88. The fourth-order valence-electron chi connectivity index (χ4n) is 2.19. The monoisotopic (exact) mass is 290 g/mol. The normalized spacial score (nSPS) is 10.2. The molecular formula is C20H18O2. The minimum Gasteiger partial charge on any atom is -0.466 e. The van der Waals surface area contributed by atoms with Crippen LogP contribution >= 0.6 is 0 Å². The van der Waals surface area contributed by atoms with Gasteiger partial charge < -0.3 is 4.74 Å². The van der Waals surface area contributed by atoms with E-state index in [1.807, 2.05) is 60.7 Å². The molecule has 0 atom stereocenters. The first-order valence-corrected chi connectivity index (χ1v) is 7.00. The van der Waals surface area contributed by atoms with Gasteiger partial charge in [0.1, 0.15) is 0 Å². The lowest BCUT2D eigenvalue weighted by Crippen LogP contribution is -1.95. The summed E-state index contributed by atoms with van der Waals surface area (Å²) in [7, 11) is 1.36. The maximum atomic E-state index is 11.4. The van der Waals surface area contributed by atoms with Gasteiger partial charge in [0.05, 0.1) is 7.11 Å². The molecule has 2 rings (SSSR count). The molecule has 110 valence electrons. The van der Waals surface area contributed by atoms with Gasteiger partial charge in [-0.3, -0.25) is 0 Å². The molecule has 0 aromatic heterocycles. The Morgan fingerprint density at radius 3 is 1.82 bits per heavy atom. The number of carbonyl (C=O) groups is 1. The molecule has 0 fully saturated rings. The average molecular weight is 290 g/mol. The van der Waals surface area contributed by atoms with Crippen LogP contribution in [-0.4, -0.2) is 13.1 Å². The van der Waals surface area contributed by atoms with E-state index in [0.717, 1.165) is 22.3 Å². The molecule has 0 N–H and O–H groups in total. The van der Waals surface area contributed by atoms with E-state index in [1.165, 1.54) is 13.2 Å². The predicted molar refractivity (Wildman–Crippen MR) is 90.3 cm³/mol. The first kappa shape index (κ1) is 15.5. The molecule has 0 unspecified atom stereocenters. The van der Waals surface area contributed by atoms with E-state index in [9.17, 15) is 4.79 Å². The lowest BCUT2D eigenvalue weighted by molar-refractivity contribution is -0.134. The van der Waals surface area contributed by atoms with Crippen molar-refractivity contribution in [1.82, 2.24) is 0 Å². The Balaban J connectivity index is 2.60. The molecule has 0 aliphatic rings. The third-order valence-electron chi connectivity index (χ3n) is 3.23. The Kier molecular flexibility index (Phi) is 5.50. The molecule has 0 saturated heterocycles. The maximum Gasteiger partial charge on any atom is 0.330 e. The number of carbonyl (C=O) groups excluding carboxylic acids is 1. The van der Waals surface area contributed by atoms with Crippen molar-refractivity contribution >= 4 is 11.5 Å². The largest absolute Gasteiger partial charge is 0.466 e. The Morgan fingerprint density at radius 1 is 0.909 bits per heavy atom. The van der Waals surface area contributed by atoms with Gasteiger partial charge in [0, 0.05) is 6.08 Å². The molecule has 0 aliphatic heterocycles. The van der Waals surface area contributed by atoms with Crippen molar-refractivity contribution in [3.05, 3.63) is 102 Å². The fraction of sp³-hybridized carbons (Fsp3) is 0.0500. The molecule has 2 aromatic carbocycles. The highest BCUT2D eigenvalue weighted by atomic mass is 16.5. The van der Waals surface area contributed by atoms with Gasteiger partial charge >= 0.3 is 5.97 Å². The summed E-state index contributed by atoms with van der Waals surface area (Å²) in [4.78, 5) is 11.4. The van der Waals surface area contributed by atoms with Crippen molar-refractivity contribution < 1.29 is 9.53 Å². The van der Waals surface area contributed by atoms with Gasteiger partial charge in [0.25, 0.3) is 0 Å². The molecular weight excluding hydrogens is 272 g/mol. The molecule has 22 heavy (non-hydrogen) atoms. The van der Waals surface area contributed by atoms with Crippen LogP contribution in [0, 0.1) is 0 Å². The third-order valence-corrected chi connectivity index (χ3v) is 3.23. The maximum absolute atomic E-state index is 11.4. The molecule has 0 saturated carbocycles. The van der Waals surface area contributed by atoms with Gasteiger partial charge in [-0.1, -0.05) is 73.3 Å². The molecule has 2 aromatic rings. The fourth-order valence-corrected chi connectivity index (χ4v) is 2.19. The van der Waals surface area contributed by atoms with Gasteiger partial charge in [-0.15, -0.1) is 0 Å². The highest BCUT2D eigenvalue weighted by Gasteiger charge is 2.08. The minimum absolute atomic E-state index is 0.389. The second-order valence-corrected chi connectivity index (χ2v) is 4.62. The lowest BCUT2D eigenvalue weighted by atomic mass is 9.92. The summed E-state index contributed by atoms with van der Waals surface area (Å²) in [6.07, 6.45) is 4.88. The number of esters is 1. The quantitative estimate of drug-likeness (QED) is 0.463. The van der Waals surface area contributed by atoms with E-state index in [0.29, 0.717) is 0 Å². The number of methoxy groups -OCH3 is 1. The molecule has 0 radical (unpaired) electrons. The summed E-state index contributed by atoms with van der Waals surface area (Å²) in [6, 6.07) is 20.1. The van der Waals surface area contributed by atoms with Gasteiger partial charge in [-0.2, -0.15) is 0 Å². The molecule has 0 heterocycles. The number of hydrogen-bond acceptors (Lipinski definition) is 2. The van der Waals surface area contributed by atoms with Crippen LogP contribution in [0.2, 0.25) is 0 Å². The smallest absolute Gasteiger partial charge is 0.330 e. The van der Waals surface area contributed by atoms with Crippen LogP contribution in [0.25, 0.3) is 5.57 Å². The number of benzene rings is 2. The van der Waals surface area contributed by atoms with Crippen molar-refractivity contribution in [1.29, 1.82) is 0 Å². The molecule has 0 aliphatic carbocycles. The summed E-state index contributed by atoms with van der Waals surface area (Å²) >= 11 is 0. The van der Waals surface area contributed by atoms with E-state index >= 15 is 0 Å². The zero-order chi connectivity index (χ0) is 15.8. The van der Waals surface area contributed by atoms with Crippen LogP contribution in [0.3, 0.4) is 0 Å². The van der Waals surface area contributed by atoms with Crippen molar-refractivity contribution in [2.45, 2.75) is 0 Å². The van der Waals surface area contributed by atoms with Crippen LogP contribution in [0.4, 0.5) is 0 Å². The zero-order valence-corrected chi connectivity index (χ0v) is 12.5. The molecule has 0 spiro atoms. The van der Waals surface area contributed by atoms with E-state index in [1.54, 1.807) is 12.2 Å². The predicted octanol–water partition coefficient (Wildman–Crippen LogP) is 4.40. The van der Waals surface area contributed by atoms with Gasteiger partial charge in [0.15, 0.2) is 0 Å². The molecule has 2 nitrogen and oxygen atoms in total. The van der Waals surface area contributed by atoms with E-state index in [4.69, 9.17) is 0 Å². The summed E-state index contributed by atoms with van der Waals surface area (Å²) in [5, 5.41) is 0. The first-order valence-electron chi connectivity index (χ1n) is 7.00. The molecule has 2 heteroatoms. The van der Waals surface area contributed by atoms with Crippen LogP contribution < -0.4 is 0 Å². The number of hydrogen-bond donors (Lipinski definition) is 0. The van der Waals surface area contributed by atoms with Crippen LogP contribution in [-0.2, 0) is 9.53 Å². The van der Waals surface area contributed by atoms with Crippen molar-refractivity contribution in [2.24, 2.45) is 0 Å². The van der Waals surface area contributed by atoms with E-state index in [2.05, 4.69) is 11.3 Å². The summed E-state index contributed by atoms with van der Waals surface area (Å²) in [5.74, 6) is -0.389. The summed E-state index contributed by atoms with van der Waals surface area (Å²) < 4.78 is 4.65. The third kappa shape index (κ3) is 3.83. The van der Waals surface area contributed by atoms with Crippen molar-refractivity contribution in [2.75, 3.05) is 7.11 Å². The Morgan fingerprint density at radius 2 is 1.41 bits per heavy atom. The number of allylic oxidation sites excluding steroid dienone is 3. The van der Waals surface area contributed by atoms with Gasteiger partial charge in [0.2, 0.25) is 0 Å². The number of rotatable bonds is 5. The van der Waals surface area contributed by atoms with Gasteiger partial charge in [-0.25, -0.2) is 4.79 Å². The van der Waals surface area contributed by atoms with Crippen molar-refractivity contribution in [3.63, 3.8) is 0 Å². The SMILES string of the molecule is C=CC(/C=C/C(=O)OC)=C(c1ccccc1)c1ccccc1.